The zero-order chi connectivity index (χ0) is 14.0. The SMILES string of the molecule is CNC(c1cc(C)ccc1F)c1cc(C)ccc1Br. The first-order valence-electron chi connectivity index (χ1n) is 6.22. The first kappa shape index (κ1) is 14.2. The van der Waals surface area contributed by atoms with Crippen LogP contribution >= 0.6 is 15.9 Å². The van der Waals surface area contributed by atoms with Crippen LogP contribution in [0.5, 0.6) is 0 Å². The average molecular weight is 322 g/mol. The second-order valence-corrected chi connectivity index (χ2v) is 5.63. The maximum atomic E-state index is 14.1. The third-order valence-electron chi connectivity index (χ3n) is 3.21. The van der Waals surface area contributed by atoms with Gasteiger partial charge in [-0.25, -0.2) is 4.39 Å². The zero-order valence-corrected chi connectivity index (χ0v) is 12.9. The summed E-state index contributed by atoms with van der Waals surface area (Å²) in [5.41, 5.74) is 3.94. The second kappa shape index (κ2) is 5.85. The molecule has 100 valence electrons. The summed E-state index contributed by atoms with van der Waals surface area (Å²) in [6.07, 6.45) is 0. The van der Waals surface area contributed by atoms with Crippen molar-refractivity contribution in [1.82, 2.24) is 5.32 Å². The minimum Gasteiger partial charge on any atom is -0.309 e. The largest absolute Gasteiger partial charge is 0.309 e. The molecule has 0 aliphatic rings. The predicted octanol–water partition coefficient (Wildman–Crippen LogP) is 4.51. The molecule has 0 amide bonds. The van der Waals surface area contributed by atoms with Crippen LogP contribution in [0.3, 0.4) is 0 Å². The van der Waals surface area contributed by atoms with Crippen molar-refractivity contribution in [3.05, 3.63) is 68.9 Å². The van der Waals surface area contributed by atoms with Gasteiger partial charge in [-0.2, -0.15) is 0 Å². The molecule has 0 aromatic heterocycles. The van der Waals surface area contributed by atoms with E-state index < -0.39 is 0 Å². The number of hydrogen-bond acceptors (Lipinski definition) is 1. The van der Waals surface area contributed by atoms with Gasteiger partial charge in [0.05, 0.1) is 6.04 Å². The van der Waals surface area contributed by atoms with Crippen LogP contribution in [0, 0.1) is 19.7 Å². The number of aryl methyl sites for hydroxylation is 2. The monoisotopic (exact) mass is 321 g/mol. The Morgan fingerprint density at radius 2 is 1.58 bits per heavy atom. The van der Waals surface area contributed by atoms with Crippen molar-refractivity contribution in [2.75, 3.05) is 7.05 Å². The lowest BCUT2D eigenvalue weighted by Gasteiger charge is -2.20. The Kier molecular flexibility index (Phi) is 4.38. The first-order valence-corrected chi connectivity index (χ1v) is 7.01. The molecule has 0 radical (unpaired) electrons. The number of rotatable bonds is 3. The van der Waals surface area contributed by atoms with E-state index in [-0.39, 0.29) is 11.9 Å². The highest BCUT2D eigenvalue weighted by Gasteiger charge is 2.18. The highest BCUT2D eigenvalue weighted by atomic mass is 79.9. The molecular weight excluding hydrogens is 305 g/mol. The molecule has 0 spiro atoms. The second-order valence-electron chi connectivity index (χ2n) is 4.77. The van der Waals surface area contributed by atoms with E-state index in [1.165, 1.54) is 6.07 Å². The lowest BCUT2D eigenvalue weighted by atomic mass is 9.96. The van der Waals surface area contributed by atoms with Gasteiger partial charge in [0.1, 0.15) is 5.82 Å². The van der Waals surface area contributed by atoms with Crippen LogP contribution in [0.4, 0.5) is 4.39 Å². The molecule has 0 fully saturated rings. The summed E-state index contributed by atoms with van der Waals surface area (Å²) in [6.45, 7) is 4.01. The van der Waals surface area contributed by atoms with Gasteiger partial charge in [0.15, 0.2) is 0 Å². The predicted molar refractivity (Wildman–Crippen MR) is 80.9 cm³/mol. The van der Waals surface area contributed by atoms with Crippen molar-refractivity contribution in [3.8, 4) is 0 Å². The van der Waals surface area contributed by atoms with Gasteiger partial charge >= 0.3 is 0 Å². The molecule has 1 unspecified atom stereocenters. The standard InChI is InChI=1S/C16H17BrFN/c1-10-4-6-14(17)12(8-10)16(19-3)13-9-11(2)5-7-15(13)18/h4-9,16,19H,1-3H3. The Morgan fingerprint density at radius 3 is 2.21 bits per heavy atom. The lowest BCUT2D eigenvalue weighted by Crippen LogP contribution is -2.19. The zero-order valence-electron chi connectivity index (χ0n) is 11.3. The van der Waals surface area contributed by atoms with Crippen molar-refractivity contribution in [2.45, 2.75) is 19.9 Å². The molecule has 19 heavy (non-hydrogen) atoms. The summed E-state index contributed by atoms with van der Waals surface area (Å²) in [5.74, 6) is -0.182. The molecule has 2 rings (SSSR count). The summed E-state index contributed by atoms with van der Waals surface area (Å²) in [7, 11) is 1.85. The normalized spacial score (nSPS) is 12.5. The van der Waals surface area contributed by atoms with Crippen LogP contribution in [-0.4, -0.2) is 7.05 Å². The van der Waals surface area contributed by atoms with E-state index in [1.54, 1.807) is 6.07 Å². The molecule has 1 N–H and O–H groups in total. The number of nitrogens with one attached hydrogen (secondary N) is 1. The van der Waals surface area contributed by atoms with Gasteiger partial charge in [0.2, 0.25) is 0 Å². The first-order chi connectivity index (χ1) is 9.02. The lowest BCUT2D eigenvalue weighted by molar-refractivity contribution is 0.574. The molecule has 0 aliphatic carbocycles. The van der Waals surface area contributed by atoms with Gasteiger partial charge in [0.25, 0.3) is 0 Å². The van der Waals surface area contributed by atoms with Gasteiger partial charge in [-0.15, -0.1) is 0 Å². The molecule has 0 saturated heterocycles. The van der Waals surface area contributed by atoms with Crippen LogP contribution in [0.15, 0.2) is 40.9 Å². The Hall–Kier alpha value is -1.19. The molecule has 0 heterocycles. The highest BCUT2D eigenvalue weighted by Crippen LogP contribution is 2.31. The third-order valence-corrected chi connectivity index (χ3v) is 3.94. The van der Waals surface area contributed by atoms with Gasteiger partial charge in [-0.05, 0) is 38.6 Å². The van der Waals surface area contributed by atoms with E-state index in [1.807, 2.05) is 39.1 Å². The molecule has 0 aliphatic heterocycles. The summed E-state index contributed by atoms with van der Waals surface area (Å²) in [4.78, 5) is 0. The molecule has 3 heteroatoms. The fourth-order valence-corrected chi connectivity index (χ4v) is 2.72. The minimum absolute atomic E-state index is 0.158. The number of halogens is 2. The fourth-order valence-electron chi connectivity index (χ4n) is 2.25. The molecule has 0 saturated carbocycles. The maximum absolute atomic E-state index is 14.1. The van der Waals surface area contributed by atoms with Crippen LogP contribution in [0.25, 0.3) is 0 Å². The van der Waals surface area contributed by atoms with E-state index in [0.29, 0.717) is 5.56 Å². The van der Waals surface area contributed by atoms with Crippen LogP contribution in [-0.2, 0) is 0 Å². The van der Waals surface area contributed by atoms with Crippen molar-refractivity contribution in [2.24, 2.45) is 0 Å². The summed E-state index contributed by atoms with van der Waals surface area (Å²) in [6, 6.07) is 11.2. The smallest absolute Gasteiger partial charge is 0.128 e. The molecule has 2 aromatic rings. The van der Waals surface area contributed by atoms with E-state index >= 15 is 0 Å². The van der Waals surface area contributed by atoms with Crippen LogP contribution in [0.2, 0.25) is 0 Å². The van der Waals surface area contributed by atoms with Crippen molar-refractivity contribution < 1.29 is 4.39 Å². The number of benzene rings is 2. The van der Waals surface area contributed by atoms with Crippen LogP contribution in [0.1, 0.15) is 28.3 Å². The minimum atomic E-state index is -0.182. The van der Waals surface area contributed by atoms with Gasteiger partial charge < -0.3 is 5.32 Å². The van der Waals surface area contributed by atoms with E-state index in [9.17, 15) is 4.39 Å². The Bertz CT molecular complexity index is 544. The molecule has 1 nitrogen and oxygen atoms in total. The Morgan fingerprint density at radius 1 is 1.00 bits per heavy atom. The van der Waals surface area contributed by atoms with E-state index in [4.69, 9.17) is 0 Å². The number of hydrogen-bond donors (Lipinski definition) is 1. The fraction of sp³-hybridized carbons (Fsp3) is 0.250. The summed E-state index contributed by atoms with van der Waals surface area (Å²) < 4.78 is 15.1. The van der Waals surface area contributed by atoms with Gasteiger partial charge in [-0.1, -0.05) is 51.3 Å². The summed E-state index contributed by atoms with van der Waals surface area (Å²) in [5, 5.41) is 3.20. The summed E-state index contributed by atoms with van der Waals surface area (Å²) >= 11 is 3.55. The highest BCUT2D eigenvalue weighted by molar-refractivity contribution is 9.10. The molecule has 1 atom stereocenters. The van der Waals surface area contributed by atoms with Crippen LogP contribution < -0.4 is 5.32 Å². The average Bonchev–Trinajstić information content (AvgIpc) is 2.38. The van der Waals surface area contributed by atoms with Gasteiger partial charge in [0, 0.05) is 10.0 Å². The van der Waals surface area contributed by atoms with Crippen molar-refractivity contribution in [3.63, 3.8) is 0 Å². The quantitative estimate of drug-likeness (QED) is 0.876. The third kappa shape index (κ3) is 3.04. The topological polar surface area (TPSA) is 12.0 Å². The molecule has 0 bridgehead atoms. The van der Waals surface area contributed by atoms with Gasteiger partial charge in [-0.3, -0.25) is 0 Å². The van der Waals surface area contributed by atoms with E-state index in [2.05, 4.69) is 27.3 Å². The van der Waals surface area contributed by atoms with Crippen molar-refractivity contribution in [1.29, 1.82) is 0 Å². The maximum Gasteiger partial charge on any atom is 0.128 e. The Labute approximate surface area is 122 Å². The van der Waals surface area contributed by atoms with Crippen molar-refractivity contribution >= 4 is 15.9 Å². The molecular formula is C16H17BrFN. The van der Waals surface area contributed by atoms with E-state index in [0.717, 1.165) is 21.2 Å². The Balaban J connectivity index is 2.55. The molecule has 2 aromatic carbocycles.